The Bertz CT molecular complexity index is 1200. The topological polar surface area (TPSA) is 222 Å². The Morgan fingerprint density at radius 1 is 0.879 bits per heavy atom. The van der Waals surface area contributed by atoms with Gasteiger partial charge in [-0.25, -0.2) is 0 Å². The molecule has 4 atom stereocenters. The normalized spacial score (nSPS) is 22.5. The molecular formula is C21H22O12. The molecule has 12 nitrogen and oxygen atoms in total. The second-order valence-electron chi connectivity index (χ2n) is 7.25. The average Bonchev–Trinajstić information content (AvgIpc) is 2.76. The van der Waals surface area contributed by atoms with Gasteiger partial charge in [0.25, 0.3) is 0 Å². The third kappa shape index (κ3) is 4.79. The van der Waals surface area contributed by atoms with E-state index >= 15 is 0 Å². The lowest BCUT2D eigenvalue weighted by Crippen LogP contribution is -2.53. The van der Waals surface area contributed by atoms with Gasteiger partial charge in [-0.15, -0.1) is 0 Å². The van der Waals surface area contributed by atoms with Gasteiger partial charge in [-0.05, 0) is 18.2 Å². The number of aliphatic hydroxyl groups excluding tert-OH is 4. The highest BCUT2D eigenvalue weighted by Crippen LogP contribution is 2.37. The molecule has 0 saturated carbocycles. The largest absolute Gasteiger partial charge is 0.508 e. The average molecular weight is 466 g/mol. The Morgan fingerprint density at radius 3 is 2.21 bits per heavy atom. The fourth-order valence-corrected chi connectivity index (χ4v) is 3.16. The van der Waals surface area contributed by atoms with Crippen LogP contribution in [0, 0.1) is 0 Å². The van der Waals surface area contributed by atoms with Crippen molar-refractivity contribution in [1.29, 1.82) is 0 Å². The van der Waals surface area contributed by atoms with Crippen LogP contribution in [0.2, 0.25) is 0 Å². The van der Waals surface area contributed by atoms with Crippen LogP contribution in [0.15, 0.2) is 39.5 Å². The summed E-state index contributed by atoms with van der Waals surface area (Å²) in [4.78, 5) is 12.1. The number of phenols is 4. The van der Waals surface area contributed by atoms with Gasteiger partial charge >= 0.3 is 0 Å². The number of rotatable bonds is 2. The minimum atomic E-state index is -1.22. The van der Waals surface area contributed by atoms with Gasteiger partial charge in [0.2, 0.25) is 11.2 Å². The van der Waals surface area contributed by atoms with Gasteiger partial charge in [-0.1, -0.05) is 0 Å². The van der Waals surface area contributed by atoms with E-state index in [2.05, 4.69) is 0 Å². The van der Waals surface area contributed by atoms with E-state index in [1.807, 2.05) is 0 Å². The zero-order valence-electron chi connectivity index (χ0n) is 16.9. The highest BCUT2D eigenvalue weighted by molar-refractivity contribution is 5.88. The molecule has 0 spiro atoms. The molecule has 9 N–H and O–H groups in total. The number of aliphatic hydroxyl groups is 4. The van der Waals surface area contributed by atoms with Crippen molar-refractivity contribution in [3.8, 4) is 40.1 Å². The van der Waals surface area contributed by atoms with E-state index in [-0.39, 0.29) is 47.0 Å². The number of hydrogen-bond donors (Lipinski definition) is 9. The van der Waals surface area contributed by atoms with Crippen LogP contribution >= 0.6 is 0 Å². The second kappa shape index (κ2) is 9.52. The van der Waals surface area contributed by atoms with Crippen molar-refractivity contribution in [3.63, 3.8) is 0 Å². The van der Waals surface area contributed by atoms with E-state index in [1.54, 1.807) is 0 Å². The van der Waals surface area contributed by atoms with Crippen molar-refractivity contribution in [2.75, 3.05) is 13.2 Å². The third-order valence-corrected chi connectivity index (χ3v) is 4.96. The summed E-state index contributed by atoms with van der Waals surface area (Å²) >= 11 is 0. The maximum atomic E-state index is 12.1. The molecule has 1 aromatic heterocycles. The number of hydrogen-bond acceptors (Lipinski definition) is 12. The molecule has 12 heteroatoms. The lowest BCUT2D eigenvalue weighted by Gasteiger charge is -2.34. The maximum Gasteiger partial charge on any atom is 0.238 e. The SMILES string of the molecule is O=c1c(O)c(-c2ccc(O)c(O)c2)oc2cc(O)cc(O)c12.OC[C@H]1OC[C@H](O)[C@@H](O)[C@@H]1O. The Kier molecular flexibility index (Phi) is 6.95. The lowest BCUT2D eigenvalue weighted by atomic mass is 10.0. The number of fused-ring (bicyclic) bond motifs is 1. The quantitative estimate of drug-likeness (QED) is 0.217. The van der Waals surface area contributed by atoms with Crippen molar-refractivity contribution in [2.24, 2.45) is 0 Å². The first-order valence-electron chi connectivity index (χ1n) is 9.55. The molecule has 3 aromatic rings. The van der Waals surface area contributed by atoms with Crippen molar-refractivity contribution in [1.82, 2.24) is 0 Å². The molecule has 4 rings (SSSR count). The van der Waals surface area contributed by atoms with Gasteiger partial charge in [0.05, 0.1) is 13.2 Å². The number of aromatic hydroxyl groups is 5. The van der Waals surface area contributed by atoms with E-state index in [9.17, 15) is 30.3 Å². The summed E-state index contributed by atoms with van der Waals surface area (Å²) in [6.07, 6.45) is -4.27. The Morgan fingerprint density at radius 2 is 1.58 bits per heavy atom. The Labute approximate surface area is 185 Å². The van der Waals surface area contributed by atoms with Gasteiger partial charge in [-0.3, -0.25) is 4.79 Å². The van der Waals surface area contributed by atoms with E-state index in [0.29, 0.717) is 0 Å². The molecule has 1 aliphatic rings. The fourth-order valence-electron chi connectivity index (χ4n) is 3.16. The zero-order chi connectivity index (χ0) is 24.4. The first kappa shape index (κ1) is 24.1. The minimum absolute atomic E-state index is 0.0521. The Balaban J connectivity index is 0.000000235. The molecule has 1 saturated heterocycles. The van der Waals surface area contributed by atoms with E-state index < -0.39 is 47.1 Å². The summed E-state index contributed by atoms with van der Waals surface area (Å²) < 4.78 is 10.2. The Hall–Kier alpha value is -3.55. The van der Waals surface area contributed by atoms with Gasteiger partial charge in [-0.2, -0.15) is 0 Å². The lowest BCUT2D eigenvalue weighted by molar-refractivity contribution is -0.195. The van der Waals surface area contributed by atoms with Crippen LogP contribution in [0.4, 0.5) is 0 Å². The number of ether oxygens (including phenoxy) is 1. The number of benzene rings is 2. The first-order chi connectivity index (χ1) is 15.5. The summed E-state index contributed by atoms with van der Waals surface area (Å²) in [5.74, 6) is -2.71. The molecule has 2 aromatic carbocycles. The molecular weight excluding hydrogens is 444 g/mol. The molecule has 178 valence electrons. The van der Waals surface area contributed by atoms with Crippen LogP contribution in [0.5, 0.6) is 28.7 Å². The molecule has 0 bridgehead atoms. The highest BCUT2D eigenvalue weighted by Gasteiger charge is 2.36. The summed E-state index contributed by atoms with van der Waals surface area (Å²) in [6.45, 7) is -0.408. The van der Waals surface area contributed by atoms with Crippen LogP contribution in [0.1, 0.15) is 0 Å². The predicted molar refractivity (Wildman–Crippen MR) is 111 cm³/mol. The van der Waals surface area contributed by atoms with Crippen molar-refractivity contribution in [3.05, 3.63) is 40.6 Å². The van der Waals surface area contributed by atoms with Crippen molar-refractivity contribution >= 4 is 11.0 Å². The van der Waals surface area contributed by atoms with Gasteiger partial charge in [0, 0.05) is 17.7 Å². The van der Waals surface area contributed by atoms with E-state index in [4.69, 9.17) is 29.6 Å². The molecule has 33 heavy (non-hydrogen) atoms. The van der Waals surface area contributed by atoms with E-state index in [0.717, 1.165) is 24.3 Å². The molecule has 0 aliphatic carbocycles. The van der Waals surface area contributed by atoms with Gasteiger partial charge < -0.3 is 55.1 Å². The molecule has 0 unspecified atom stereocenters. The highest BCUT2D eigenvalue weighted by atomic mass is 16.5. The molecule has 0 radical (unpaired) electrons. The summed E-state index contributed by atoms with van der Waals surface area (Å²) in [5, 5.41) is 83.3. The minimum Gasteiger partial charge on any atom is -0.508 e. The smallest absolute Gasteiger partial charge is 0.238 e. The standard InChI is InChI=1S/C15H10O7.C6H12O5/c16-7-4-10(19)12-11(5-7)22-15(14(21)13(12)20)6-1-2-8(17)9(18)3-6;7-1-4-6(10)5(9)3(8)2-11-4/h1-5,16-19,21H;3-10H,1-2H2/t;3-,4+,5+,6+/m.0/s1. The molecule has 1 fully saturated rings. The zero-order valence-corrected chi connectivity index (χ0v) is 16.9. The maximum absolute atomic E-state index is 12.1. The van der Waals surface area contributed by atoms with Crippen LogP contribution in [-0.4, -0.2) is 83.6 Å². The van der Waals surface area contributed by atoms with E-state index in [1.165, 1.54) is 6.07 Å². The van der Waals surface area contributed by atoms with Gasteiger partial charge in [0.1, 0.15) is 46.9 Å². The molecule has 0 amide bonds. The third-order valence-electron chi connectivity index (χ3n) is 4.96. The second-order valence-corrected chi connectivity index (χ2v) is 7.25. The van der Waals surface area contributed by atoms with Crippen LogP contribution < -0.4 is 5.43 Å². The molecule has 2 heterocycles. The van der Waals surface area contributed by atoms with Crippen LogP contribution in [-0.2, 0) is 4.74 Å². The summed E-state index contributed by atoms with van der Waals surface area (Å²) in [7, 11) is 0. The number of phenolic OH excluding ortho intramolecular Hbond substituents is 4. The summed E-state index contributed by atoms with van der Waals surface area (Å²) in [6, 6.07) is 5.64. The molecule has 1 aliphatic heterocycles. The van der Waals surface area contributed by atoms with Crippen LogP contribution in [0.3, 0.4) is 0 Å². The van der Waals surface area contributed by atoms with Crippen LogP contribution in [0.25, 0.3) is 22.3 Å². The first-order valence-corrected chi connectivity index (χ1v) is 9.55. The van der Waals surface area contributed by atoms with Gasteiger partial charge in [0.15, 0.2) is 17.3 Å². The predicted octanol–water partition coefficient (Wildman–Crippen LogP) is -0.552. The van der Waals surface area contributed by atoms with Crippen molar-refractivity contribution < 1.29 is 55.1 Å². The fraction of sp³-hybridized carbons (Fsp3) is 0.286. The summed E-state index contributed by atoms with van der Waals surface area (Å²) in [5.41, 5.74) is -0.890. The monoisotopic (exact) mass is 466 g/mol. The van der Waals surface area contributed by atoms with Crippen molar-refractivity contribution in [2.45, 2.75) is 24.4 Å².